The monoisotopic (exact) mass is 372 g/mol. The standard InChI is InChI=1S/C18H28N8O/c1-5-19-17(21-11-16-22-12-23-26(16)4)20-10-14-6-8-15(9-7-14)25-18(27)24-13(2)3/h6-9,12-13H,5,10-11H2,1-4H3,(H2,19,20,21)(H2,24,25,27). The summed E-state index contributed by atoms with van der Waals surface area (Å²) in [6, 6.07) is 7.51. The van der Waals surface area contributed by atoms with E-state index in [2.05, 4.69) is 36.3 Å². The SMILES string of the molecule is CCNC(=NCc1ccc(NC(=O)NC(C)C)cc1)NCc1ncnn1C. The molecule has 0 radical (unpaired) electrons. The van der Waals surface area contributed by atoms with Crippen LogP contribution in [0.25, 0.3) is 0 Å². The number of anilines is 1. The molecule has 27 heavy (non-hydrogen) atoms. The van der Waals surface area contributed by atoms with Crippen LogP contribution in [-0.2, 0) is 20.1 Å². The molecule has 1 aromatic heterocycles. The number of rotatable bonds is 7. The van der Waals surface area contributed by atoms with Crippen LogP contribution in [-0.4, -0.2) is 39.3 Å². The van der Waals surface area contributed by atoms with Gasteiger partial charge in [-0.05, 0) is 38.5 Å². The third-order valence-electron chi connectivity index (χ3n) is 3.61. The largest absolute Gasteiger partial charge is 0.357 e. The van der Waals surface area contributed by atoms with E-state index < -0.39 is 0 Å². The number of carbonyl (C=O) groups is 1. The number of benzene rings is 1. The van der Waals surface area contributed by atoms with Crippen molar-refractivity contribution in [3.05, 3.63) is 42.0 Å². The summed E-state index contributed by atoms with van der Waals surface area (Å²) in [5, 5.41) is 16.1. The van der Waals surface area contributed by atoms with Gasteiger partial charge in [-0.2, -0.15) is 5.10 Å². The Kier molecular flexibility index (Phi) is 7.60. The first kappa shape index (κ1) is 20.2. The number of aryl methyl sites for hydroxylation is 1. The molecule has 1 aromatic carbocycles. The van der Waals surface area contributed by atoms with Gasteiger partial charge in [0.2, 0.25) is 0 Å². The van der Waals surface area contributed by atoms with Crippen molar-refractivity contribution in [3.8, 4) is 0 Å². The zero-order valence-corrected chi connectivity index (χ0v) is 16.3. The molecule has 4 N–H and O–H groups in total. The van der Waals surface area contributed by atoms with Gasteiger partial charge in [-0.15, -0.1) is 0 Å². The first-order valence-electron chi connectivity index (χ1n) is 8.99. The van der Waals surface area contributed by atoms with Gasteiger partial charge in [-0.3, -0.25) is 4.68 Å². The minimum atomic E-state index is -0.210. The number of nitrogens with zero attached hydrogens (tertiary/aromatic N) is 4. The maximum atomic E-state index is 11.7. The highest BCUT2D eigenvalue weighted by Gasteiger charge is 2.04. The van der Waals surface area contributed by atoms with E-state index in [-0.39, 0.29) is 12.1 Å². The van der Waals surface area contributed by atoms with Gasteiger partial charge in [0, 0.05) is 25.3 Å². The highest BCUT2D eigenvalue weighted by Crippen LogP contribution is 2.10. The van der Waals surface area contributed by atoms with Crippen LogP contribution in [0.4, 0.5) is 10.5 Å². The highest BCUT2D eigenvalue weighted by atomic mass is 16.2. The van der Waals surface area contributed by atoms with E-state index in [1.54, 1.807) is 4.68 Å². The molecule has 0 aliphatic heterocycles. The normalized spacial score (nSPS) is 11.4. The van der Waals surface area contributed by atoms with Gasteiger partial charge >= 0.3 is 6.03 Å². The van der Waals surface area contributed by atoms with E-state index in [0.717, 1.165) is 23.6 Å². The molecule has 0 atom stereocenters. The second-order valence-corrected chi connectivity index (χ2v) is 6.30. The number of urea groups is 1. The molecule has 9 nitrogen and oxygen atoms in total. The maximum Gasteiger partial charge on any atom is 0.319 e. The van der Waals surface area contributed by atoms with Crippen LogP contribution in [0.5, 0.6) is 0 Å². The molecular weight excluding hydrogens is 344 g/mol. The summed E-state index contributed by atoms with van der Waals surface area (Å²) in [6.45, 7) is 7.67. The van der Waals surface area contributed by atoms with E-state index >= 15 is 0 Å². The van der Waals surface area contributed by atoms with Crippen molar-refractivity contribution in [1.82, 2.24) is 30.7 Å². The molecule has 2 amide bonds. The molecule has 0 saturated carbocycles. The molecule has 0 spiro atoms. The first-order chi connectivity index (χ1) is 13.0. The summed E-state index contributed by atoms with van der Waals surface area (Å²) in [4.78, 5) is 20.5. The lowest BCUT2D eigenvalue weighted by Gasteiger charge is -2.11. The second-order valence-electron chi connectivity index (χ2n) is 6.30. The third-order valence-corrected chi connectivity index (χ3v) is 3.61. The molecule has 146 valence electrons. The number of amides is 2. The van der Waals surface area contributed by atoms with E-state index in [4.69, 9.17) is 0 Å². The molecule has 0 unspecified atom stereocenters. The molecule has 0 saturated heterocycles. The molecule has 1 heterocycles. The predicted octanol–water partition coefficient (Wildman–Crippen LogP) is 1.60. The van der Waals surface area contributed by atoms with Crippen molar-refractivity contribution in [2.75, 3.05) is 11.9 Å². The van der Waals surface area contributed by atoms with Gasteiger partial charge in [-0.25, -0.2) is 14.8 Å². The summed E-state index contributed by atoms with van der Waals surface area (Å²) in [5.41, 5.74) is 1.79. The summed E-state index contributed by atoms with van der Waals surface area (Å²) in [7, 11) is 1.85. The van der Waals surface area contributed by atoms with Gasteiger partial charge < -0.3 is 21.3 Å². The molecule has 0 fully saturated rings. The number of hydrogen-bond acceptors (Lipinski definition) is 4. The van der Waals surface area contributed by atoms with Crippen molar-refractivity contribution in [2.24, 2.45) is 12.0 Å². The minimum absolute atomic E-state index is 0.0946. The van der Waals surface area contributed by atoms with E-state index in [9.17, 15) is 4.79 Å². The molecule has 9 heteroatoms. The summed E-state index contributed by atoms with van der Waals surface area (Å²) in [6.07, 6.45) is 1.53. The lowest BCUT2D eigenvalue weighted by molar-refractivity contribution is 0.250. The van der Waals surface area contributed by atoms with Crippen LogP contribution in [0.2, 0.25) is 0 Å². The van der Waals surface area contributed by atoms with Crippen LogP contribution in [0.3, 0.4) is 0 Å². The zero-order chi connectivity index (χ0) is 19.6. The first-order valence-corrected chi connectivity index (χ1v) is 8.99. The number of aromatic nitrogens is 3. The zero-order valence-electron chi connectivity index (χ0n) is 16.3. The predicted molar refractivity (Wildman–Crippen MR) is 106 cm³/mol. The van der Waals surface area contributed by atoms with Crippen LogP contribution in [0.15, 0.2) is 35.6 Å². The summed E-state index contributed by atoms with van der Waals surface area (Å²) < 4.78 is 1.72. The Bertz CT molecular complexity index is 751. The Morgan fingerprint density at radius 3 is 2.56 bits per heavy atom. The molecule has 0 bridgehead atoms. The van der Waals surface area contributed by atoms with Gasteiger partial charge in [0.05, 0.1) is 13.1 Å². The number of nitrogens with one attached hydrogen (secondary N) is 4. The molecule has 0 aliphatic rings. The lowest BCUT2D eigenvalue weighted by Crippen LogP contribution is -2.37. The van der Waals surface area contributed by atoms with Crippen molar-refractivity contribution in [2.45, 2.75) is 39.9 Å². The number of guanidine groups is 1. The van der Waals surface area contributed by atoms with Crippen molar-refractivity contribution >= 4 is 17.7 Å². The highest BCUT2D eigenvalue weighted by molar-refractivity contribution is 5.89. The van der Waals surface area contributed by atoms with E-state index in [1.807, 2.05) is 52.1 Å². The Morgan fingerprint density at radius 1 is 1.22 bits per heavy atom. The Morgan fingerprint density at radius 2 is 1.96 bits per heavy atom. The van der Waals surface area contributed by atoms with Crippen molar-refractivity contribution < 1.29 is 4.79 Å². The van der Waals surface area contributed by atoms with E-state index in [1.165, 1.54) is 6.33 Å². The smallest absolute Gasteiger partial charge is 0.319 e. The van der Waals surface area contributed by atoms with Gasteiger partial charge in [0.15, 0.2) is 5.96 Å². The lowest BCUT2D eigenvalue weighted by atomic mass is 10.2. The van der Waals surface area contributed by atoms with Crippen molar-refractivity contribution in [1.29, 1.82) is 0 Å². The van der Waals surface area contributed by atoms with Crippen LogP contribution < -0.4 is 21.3 Å². The number of aliphatic imine (C=N–C) groups is 1. The molecule has 0 aliphatic carbocycles. The van der Waals surface area contributed by atoms with Crippen LogP contribution in [0, 0.1) is 0 Å². The maximum absolute atomic E-state index is 11.7. The molecular formula is C18H28N8O. The summed E-state index contributed by atoms with van der Waals surface area (Å²) >= 11 is 0. The van der Waals surface area contributed by atoms with Gasteiger partial charge in [0.25, 0.3) is 0 Å². The van der Waals surface area contributed by atoms with E-state index in [0.29, 0.717) is 19.0 Å². The van der Waals surface area contributed by atoms with Gasteiger partial charge in [-0.1, -0.05) is 12.1 Å². The topological polar surface area (TPSA) is 108 Å². The third kappa shape index (κ3) is 6.96. The second kappa shape index (κ2) is 10.1. The molecule has 2 rings (SSSR count). The Labute approximate surface area is 159 Å². The number of hydrogen-bond donors (Lipinski definition) is 4. The molecule has 2 aromatic rings. The fourth-order valence-electron chi connectivity index (χ4n) is 2.28. The number of carbonyl (C=O) groups excluding carboxylic acids is 1. The fourth-order valence-corrected chi connectivity index (χ4v) is 2.28. The quantitative estimate of drug-likeness (QED) is 0.436. The Hall–Kier alpha value is -3.10. The summed E-state index contributed by atoms with van der Waals surface area (Å²) in [5.74, 6) is 1.54. The van der Waals surface area contributed by atoms with Crippen molar-refractivity contribution in [3.63, 3.8) is 0 Å². The fraction of sp³-hybridized carbons (Fsp3) is 0.444. The van der Waals surface area contributed by atoms with Crippen LogP contribution in [0.1, 0.15) is 32.2 Å². The average Bonchev–Trinajstić information content (AvgIpc) is 3.03. The van der Waals surface area contributed by atoms with Gasteiger partial charge in [0.1, 0.15) is 12.2 Å². The minimum Gasteiger partial charge on any atom is -0.357 e. The average molecular weight is 372 g/mol. The Balaban J connectivity index is 1.90. The van der Waals surface area contributed by atoms with Crippen LogP contribution >= 0.6 is 0 Å².